The SMILES string of the molecule is CN1CCN(C(=O)CN2CCN(S(=O)(=O)c3ccccc3Cl)CC2)CC1. The van der Waals surface area contributed by atoms with Crippen molar-refractivity contribution in [2.75, 3.05) is 66.0 Å². The average molecular weight is 401 g/mol. The highest BCUT2D eigenvalue weighted by atomic mass is 35.5. The van der Waals surface area contributed by atoms with Gasteiger partial charge in [0.25, 0.3) is 0 Å². The van der Waals surface area contributed by atoms with E-state index in [0.29, 0.717) is 32.7 Å². The molecule has 0 N–H and O–H groups in total. The molecule has 0 saturated carbocycles. The van der Waals surface area contributed by atoms with E-state index in [0.717, 1.165) is 26.2 Å². The second kappa shape index (κ2) is 8.22. The normalized spacial score (nSPS) is 21.1. The Kier molecular flexibility index (Phi) is 6.19. The van der Waals surface area contributed by atoms with Crippen LogP contribution < -0.4 is 0 Å². The molecule has 144 valence electrons. The fraction of sp³-hybridized carbons (Fsp3) is 0.588. The molecule has 9 heteroatoms. The van der Waals surface area contributed by atoms with Gasteiger partial charge in [0.15, 0.2) is 0 Å². The summed E-state index contributed by atoms with van der Waals surface area (Å²) in [7, 11) is -1.54. The minimum absolute atomic E-state index is 0.125. The number of hydrogen-bond acceptors (Lipinski definition) is 5. The summed E-state index contributed by atoms with van der Waals surface area (Å²) in [6.07, 6.45) is 0. The van der Waals surface area contributed by atoms with Gasteiger partial charge in [-0.3, -0.25) is 9.69 Å². The molecule has 0 aliphatic carbocycles. The fourth-order valence-corrected chi connectivity index (χ4v) is 5.18. The summed E-state index contributed by atoms with van der Waals surface area (Å²) in [5, 5.41) is 0.236. The summed E-state index contributed by atoms with van der Waals surface area (Å²) < 4.78 is 27.0. The van der Waals surface area contributed by atoms with Crippen LogP contribution in [0.15, 0.2) is 29.2 Å². The lowest BCUT2D eigenvalue weighted by atomic mass is 10.3. The first-order valence-corrected chi connectivity index (χ1v) is 10.6. The van der Waals surface area contributed by atoms with Gasteiger partial charge in [-0.25, -0.2) is 8.42 Å². The molecule has 0 unspecified atom stereocenters. The van der Waals surface area contributed by atoms with Crippen molar-refractivity contribution < 1.29 is 13.2 Å². The highest BCUT2D eigenvalue weighted by Crippen LogP contribution is 2.25. The van der Waals surface area contributed by atoms with Gasteiger partial charge in [-0.05, 0) is 19.2 Å². The van der Waals surface area contributed by atoms with Gasteiger partial charge < -0.3 is 9.80 Å². The van der Waals surface area contributed by atoms with Crippen LogP contribution in [0, 0.1) is 0 Å². The van der Waals surface area contributed by atoms with E-state index in [1.807, 2.05) is 9.80 Å². The van der Waals surface area contributed by atoms with Gasteiger partial charge >= 0.3 is 0 Å². The Labute approximate surface area is 160 Å². The van der Waals surface area contributed by atoms with Gasteiger partial charge in [0, 0.05) is 52.4 Å². The lowest BCUT2D eigenvalue weighted by Gasteiger charge is -2.36. The second-order valence-corrected chi connectivity index (χ2v) is 9.11. The molecule has 2 heterocycles. The monoisotopic (exact) mass is 400 g/mol. The highest BCUT2D eigenvalue weighted by molar-refractivity contribution is 7.89. The van der Waals surface area contributed by atoms with Crippen molar-refractivity contribution in [2.45, 2.75) is 4.90 Å². The molecule has 1 amide bonds. The van der Waals surface area contributed by atoms with Crippen LogP contribution in [0.25, 0.3) is 0 Å². The van der Waals surface area contributed by atoms with Crippen molar-refractivity contribution in [2.24, 2.45) is 0 Å². The van der Waals surface area contributed by atoms with Crippen molar-refractivity contribution >= 4 is 27.5 Å². The van der Waals surface area contributed by atoms with Crippen molar-refractivity contribution in [3.8, 4) is 0 Å². The predicted octanol–water partition coefficient (Wildman–Crippen LogP) is 0.420. The summed E-state index contributed by atoms with van der Waals surface area (Å²) >= 11 is 6.05. The molecule has 0 atom stereocenters. The Balaban J connectivity index is 1.54. The molecule has 1 aromatic carbocycles. The van der Waals surface area contributed by atoms with E-state index >= 15 is 0 Å². The maximum atomic E-state index is 12.8. The lowest BCUT2D eigenvalue weighted by molar-refractivity contribution is -0.134. The third kappa shape index (κ3) is 4.37. The topological polar surface area (TPSA) is 64.2 Å². The van der Waals surface area contributed by atoms with Gasteiger partial charge in [0.1, 0.15) is 4.90 Å². The molecule has 0 radical (unpaired) electrons. The van der Waals surface area contributed by atoms with Crippen molar-refractivity contribution in [1.29, 1.82) is 0 Å². The van der Waals surface area contributed by atoms with Crippen molar-refractivity contribution in [3.05, 3.63) is 29.3 Å². The number of halogens is 1. The number of amides is 1. The third-order valence-electron chi connectivity index (χ3n) is 5.00. The summed E-state index contributed by atoms with van der Waals surface area (Å²) in [6.45, 7) is 5.49. The number of piperazine rings is 2. The molecule has 0 spiro atoms. The minimum Gasteiger partial charge on any atom is -0.339 e. The number of rotatable bonds is 4. The number of carbonyl (C=O) groups is 1. The smallest absolute Gasteiger partial charge is 0.244 e. The zero-order chi connectivity index (χ0) is 18.7. The summed E-state index contributed by atoms with van der Waals surface area (Å²) in [5.74, 6) is 0.125. The van der Waals surface area contributed by atoms with Gasteiger partial charge in [0.05, 0.1) is 11.6 Å². The first kappa shape index (κ1) is 19.6. The van der Waals surface area contributed by atoms with Crippen LogP contribution >= 0.6 is 11.6 Å². The molecular weight excluding hydrogens is 376 g/mol. The number of sulfonamides is 1. The Morgan fingerprint density at radius 2 is 1.62 bits per heavy atom. The predicted molar refractivity (Wildman–Crippen MR) is 101 cm³/mol. The van der Waals surface area contributed by atoms with Crippen LogP contribution in [0.4, 0.5) is 0 Å². The molecule has 7 nitrogen and oxygen atoms in total. The van der Waals surface area contributed by atoms with E-state index in [-0.39, 0.29) is 15.8 Å². The number of likely N-dealkylation sites (N-methyl/N-ethyl adjacent to an activating group) is 1. The van der Waals surface area contributed by atoms with Gasteiger partial charge in [-0.15, -0.1) is 0 Å². The van der Waals surface area contributed by atoms with E-state index in [1.54, 1.807) is 18.2 Å². The van der Waals surface area contributed by atoms with Crippen LogP contribution in [0.5, 0.6) is 0 Å². The molecule has 2 aliphatic heterocycles. The number of hydrogen-bond donors (Lipinski definition) is 0. The Bertz CT molecular complexity index is 742. The molecule has 2 fully saturated rings. The molecule has 2 saturated heterocycles. The van der Waals surface area contributed by atoms with Crippen LogP contribution in [-0.2, 0) is 14.8 Å². The lowest BCUT2D eigenvalue weighted by Crippen LogP contribution is -2.53. The van der Waals surface area contributed by atoms with E-state index in [2.05, 4.69) is 11.9 Å². The summed E-state index contributed by atoms with van der Waals surface area (Å²) in [6, 6.07) is 6.49. The number of benzene rings is 1. The molecule has 3 rings (SSSR count). The third-order valence-corrected chi connectivity index (χ3v) is 7.40. The van der Waals surface area contributed by atoms with Crippen LogP contribution in [0.1, 0.15) is 0 Å². The molecule has 0 aromatic heterocycles. The first-order chi connectivity index (χ1) is 12.4. The number of carbonyl (C=O) groups excluding carboxylic acids is 1. The maximum absolute atomic E-state index is 12.8. The first-order valence-electron chi connectivity index (χ1n) is 8.81. The number of nitrogens with zero attached hydrogens (tertiary/aromatic N) is 4. The second-order valence-electron chi connectivity index (χ2n) is 6.79. The molecule has 0 bridgehead atoms. The van der Waals surface area contributed by atoms with E-state index in [9.17, 15) is 13.2 Å². The van der Waals surface area contributed by atoms with Gasteiger partial charge in [-0.2, -0.15) is 4.31 Å². The van der Waals surface area contributed by atoms with Crippen LogP contribution in [-0.4, -0.2) is 99.3 Å². The van der Waals surface area contributed by atoms with E-state index in [1.165, 1.54) is 10.4 Å². The molecule has 1 aromatic rings. The quantitative estimate of drug-likeness (QED) is 0.733. The fourth-order valence-electron chi connectivity index (χ4n) is 3.27. The van der Waals surface area contributed by atoms with Gasteiger partial charge in [0.2, 0.25) is 15.9 Å². The molecule has 26 heavy (non-hydrogen) atoms. The van der Waals surface area contributed by atoms with E-state index in [4.69, 9.17) is 11.6 Å². The minimum atomic E-state index is -3.60. The largest absolute Gasteiger partial charge is 0.339 e. The van der Waals surface area contributed by atoms with Gasteiger partial charge in [-0.1, -0.05) is 23.7 Å². The molecular formula is C17H25ClN4O3S. The molecule has 2 aliphatic rings. The standard InChI is InChI=1S/C17H25ClN4O3S/c1-19-6-10-21(11-7-19)17(23)14-20-8-12-22(13-9-20)26(24,25)16-5-3-2-4-15(16)18/h2-5H,6-14H2,1H3. The van der Waals surface area contributed by atoms with Crippen molar-refractivity contribution in [1.82, 2.24) is 19.0 Å². The maximum Gasteiger partial charge on any atom is 0.244 e. The zero-order valence-electron chi connectivity index (χ0n) is 15.0. The Hall–Kier alpha value is -1.19. The zero-order valence-corrected chi connectivity index (χ0v) is 16.5. The van der Waals surface area contributed by atoms with Crippen LogP contribution in [0.2, 0.25) is 5.02 Å². The Morgan fingerprint density at radius 1 is 1.00 bits per heavy atom. The highest BCUT2D eigenvalue weighted by Gasteiger charge is 2.31. The average Bonchev–Trinajstić information content (AvgIpc) is 2.63. The van der Waals surface area contributed by atoms with Crippen LogP contribution in [0.3, 0.4) is 0 Å². The van der Waals surface area contributed by atoms with E-state index < -0.39 is 10.0 Å². The van der Waals surface area contributed by atoms with Crippen molar-refractivity contribution in [3.63, 3.8) is 0 Å². The Morgan fingerprint density at radius 3 is 2.23 bits per heavy atom. The summed E-state index contributed by atoms with van der Waals surface area (Å²) in [4.78, 5) is 18.7. The summed E-state index contributed by atoms with van der Waals surface area (Å²) in [5.41, 5.74) is 0.